The average molecular weight is 241 g/mol. The van der Waals surface area contributed by atoms with Crippen LogP contribution in [-0.4, -0.2) is 11.1 Å². The number of benzene rings is 2. The van der Waals surface area contributed by atoms with Gasteiger partial charge in [0.05, 0.1) is 21.9 Å². The van der Waals surface area contributed by atoms with Crippen molar-refractivity contribution in [2.75, 3.05) is 5.73 Å². The number of nitrogen functional groups attached to an aromatic ring is 1. The number of hydrogen-bond donors (Lipinski definition) is 1. The molecule has 0 aliphatic heterocycles. The normalized spacial score (nSPS) is 10.7. The highest BCUT2D eigenvalue weighted by Gasteiger charge is 2.09. The molecule has 2 aromatic carbocycles. The molecule has 0 saturated heterocycles. The van der Waals surface area contributed by atoms with E-state index in [1.54, 1.807) is 36.4 Å². The van der Waals surface area contributed by atoms with Gasteiger partial charge in [-0.15, -0.1) is 0 Å². The number of anilines is 1. The SMILES string of the molecule is Nc1ccccc1/N=C/c1ccccc1[N+](=O)[O-]. The van der Waals surface area contributed by atoms with E-state index in [-0.39, 0.29) is 5.69 Å². The Bertz CT molecular complexity index is 609. The van der Waals surface area contributed by atoms with Crippen LogP contribution in [0, 0.1) is 10.1 Å². The third kappa shape index (κ3) is 2.52. The Hall–Kier alpha value is -2.69. The summed E-state index contributed by atoms with van der Waals surface area (Å²) < 4.78 is 0. The van der Waals surface area contributed by atoms with Crippen LogP contribution < -0.4 is 5.73 Å². The number of nitrogens with two attached hydrogens (primary N) is 1. The zero-order chi connectivity index (χ0) is 13.0. The molecule has 5 nitrogen and oxygen atoms in total. The predicted octanol–water partition coefficient (Wildman–Crippen LogP) is 2.93. The Balaban J connectivity index is 2.35. The zero-order valence-electron chi connectivity index (χ0n) is 9.48. The summed E-state index contributed by atoms with van der Waals surface area (Å²) in [6.07, 6.45) is 1.45. The standard InChI is InChI=1S/C13H11N3O2/c14-11-6-2-3-7-12(11)15-9-10-5-1-4-8-13(10)16(17)18/h1-9H,14H2/b15-9+. The van der Waals surface area contributed by atoms with E-state index in [4.69, 9.17) is 5.73 Å². The van der Waals surface area contributed by atoms with Crippen LogP contribution in [0.25, 0.3) is 0 Å². The summed E-state index contributed by atoms with van der Waals surface area (Å²) in [4.78, 5) is 14.5. The molecule has 18 heavy (non-hydrogen) atoms. The lowest BCUT2D eigenvalue weighted by Crippen LogP contribution is -1.93. The van der Waals surface area contributed by atoms with Crippen molar-refractivity contribution < 1.29 is 4.92 Å². The van der Waals surface area contributed by atoms with Gasteiger partial charge in [-0.05, 0) is 18.2 Å². The molecule has 5 heteroatoms. The minimum atomic E-state index is -0.435. The lowest BCUT2D eigenvalue weighted by atomic mass is 10.2. The van der Waals surface area contributed by atoms with Crippen LogP contribution in [0.5, 0.6) is 0 Å². The lowest BCUT2D eigenvalue weighted by Gasteiger charge is -1.99. The van der Waals surface area contributed by atoms with Gasteiger partial charge in [0.25, 0.3) is 5.69 Å². The van der Waals surface area contributed by atoms with E-state index in [1.165, 1.54) is 12.3 Å². The third-order valence-electron chi connectivity index (χ3n) is 2.41. The van der Waals surface area contributed by atoms with Crippen LogP contribution in [0.2, 0.25) is 0 Å². The molecule has 0 fully saturated rings. The summed E-state index contributed by atoms with van der Waals surface area (Å²) in [5.41, 5.74) is 7.34. The number of rotatable bonds is 3. The molecule has 0 spiro atoms. The van der Waals surface area contributed by atoms with Gasteiger partial charge in [-0.1, -0.05) is 24.3 Å². The molecule has 0 amide bonds. The fourth-order valence-corrected chi connectivity index (χ4v) is 1.51. The molecule has 0 aromatic heterocycles. The highest BCUT2D eigenvalue weighted by molar-refractivity contribution is 5.88. The Morgan fingerprint density at radius 1 is 1.11 bits per heavy atom. The first-order valence-corrected chi connectivity index (χ1v) is 5.30. The summed E-state index contributed by atoms with van der Waals surface area (Å²) in [6, 6.07) is 13.5. The van der Waals surface area contributed by atoms with Gasteiger partial charge in [-0.2, -0.15) is 0 Å². The maximum Gasteiger partial charge on any atom is 0.278 e. The number of nitro groups is 1. The smallest absolute Gasteiger partial charge is 0.278 e. The third-order valence-corrected chi connectivity index (χ3v) is 2.41. The van der Waals surface area contributed by atoms with Gasteiger partial charge >= 0.3 is 0 Å². The molecule has 0 bridgehead atoms. The fourth-order valence-electron chi connectivity index (χ4n) is 1.51. The molecule has 2 N–H and O–H groups in total. The second-order valence-corrected chi connectivity index (χ2v) is 3.63. The second kappa shape index (κ2) is 5.09. The maximum atomic E-state index is 10.8. The van der Waals surface area contributed by atoms with E-state index in [2.05, 4.69) is 4.99 Å². The highest BCUT2D eigenvalue weighted by Crippen LogP contribution is 2.22. The van der Waals surface area contributed by atoms with Crippen molar-refractivity contribution in [3.8, 4) is 0 Å². The fraction of sp³-hybridized carbons (Fsp3) is 0. The number of para-hydroxylation sites is 3. The quantitative estimate of drug-likeness (QED) is 0.388. The summed E-state index contributed by atoms with van der Waals surface area (Å²) in [5.74, 6) is 0. The first kappa shape index (κ1) is 11.8. The second-order valence-electron chi connectivity index (χ2n) is 3.63. The first-order valence-electron chi connectivity index (χ1n) is 5.30. The Labute approximate surface area is 104 Å². The van der Waals surface area contributed by atoms with Crippen LogP contribution in [0.1, 0.15) is 5.56 Å². The Kier molecular flexibility index (Phi) is 3.33. The summed E-state index contributed by atoms with van der Waals surface area (Å²) in [5, 5.41) is 10.8. The van der Waals surface area contributed by atoms with Crippen molar-refractivity contribution in [3.05, 3.63) is 64.2 Å². The average Bonchev–Trinajstić information content (AvgIpc) is 2.38. The molecule has 0 aliphatic carbocycles. The molecule has 0 radical (unpaired) electrons. The minimum Gasteiger partial charge on any atom is -0.397 e. The van der Waals surface area contributed by atoms with E-state index >= 15 is 0 Å². The van der Waals surface area contributed by atoms with E-state index in [0.717, 1.165) is 0 Å². The predicted molar refractivity (Wildman–Crippen MR) is 71.2 cm³/mol. The molecule has 0 unspecified atom stereocenters. The van der Waals surface area contributed by atoms with Crippen molar-refractivity contribution in [3.63, 3.8) is 0 Å². The van der Waals surface area contributed by atoms with Crippen molar-refractivity contribution in [2.24, 2.45) is 4.99 Å². The molecular weight excluding hydrogens is 230 g/mol. The molecule has 0 atom stereocenters. The van der Waals surface area contributed by atoms with E-state index < -0.39 is 4.92 Å². The first-order chi connectivity index (χ1) is 8.68. The van der Waals surface area contributed by atoms with Gasteiger partial charge in [0.15, 0.2) is 0 Å². The van der Waals surface area contributed by atoms with Gasteiger partial charge in [-0.25, -0.2) is 0 Å². The number of nitrogens with zero attached hydrogens (tertiary/aromatic N) is 2. The van der Waals surface area contributed by atoms with Gasteiger partial charge in [-0.3, -0.25) is 15.1 Å². The molecular formula is C13H11N3O2. The summed E-state index contributed by atoms with van der Waals surface area (Å²) >= 11 is 0. The van der Waals surface area contributed by atoms with E-state index in [0.29, 0.717) is 16.9 Å². The lowest BCUT2D eigenvalue weighted by molar-refractivity contribution is -0.385. The van der Waals surface area contributed by atoms with Gasteiger partial charge in [0.1, 0.15) is 0 Å². The monoisotopic (exact) mass is 241 g/mol. The Morgan fingerprint density at radius 3 is 2.50 bits per heavy atom. The molecule has 2 rings (SSSR count). The van der Waals surface area contributed by atoms with Crippen molar-refractivity contribution in [2.45, 2.75) is 0 Å². The van der Waals surface area contributed by atoms with E-state index in [1.807, 2.05) is 6.07 Å². The minimum absolute atomic E-state index is 0.0238. The van der Waals surface area contributed by atoms with Crippen LogP contribution in [0.15, 0.2) is 53.5 Å². The molecule has 0 heterocycles. The van der Waals surface area contributed by atoms with Crippen LogP contribution in [-0.2, 0) is 0 Å². The topological polar surface area (TPSA) is 81.5 Å². The van der Waals surface area contributed by atoms with Crippen LogP contribution in [0.3, 0.4) is 0 Å². The van der Waals surface area contributed by atoms with Crippen LogP contribution >= 0.6 is 0 Å². The van der Waals surface area contributed by atoms with Gasteiger partial charge in [0.2, 0.25) is 0 Å². The van der Waals surface area contributed by atoms with Gasteiger partial charge < -0.3 is 5.73 Å². The summed E-state index contributed by atoms with van der Waals surface area (Å²) in [7, 11) is 0. The highest BCUT2D eigenvalue weighted by atomic mass is 16.6. The van der Waals surface area contributed by atoms with Crippen molar-refractivity contribution in [1.29, 1.82) is 0 Å². The summed E-state index contributed by atoms with van der Waals surface area (Å²) in [6.45, 7) is 0. The molecule has 0 saturated carbocycles. The Morgan fingerprint density at radius 2 is 1.78 bits per heavy atom. The molecule has 2 aromatic rings. The van der Waals surface area contributed by atoms with Crippen LogP contribution in [0.4, 0.5) is 17.1 Å². The number of aliphatic imine (C=N–C) groups is 1. The zero-order valence-corrected chi connectivity index (χ0v) is 9.48. The largest absolute Gasteiger partial charge is 0.397 e. The number of nitro benzene ring substituents is 1. The van der Waals surface area contributed by atoms with E-state index in [9.17, 15) is 10.1 Å². The van der Waals surface area contributed by atoms with Crippen molar-refractivity contribution >= 4 is 23.3 Å². The number of hydrogen-bond acceptors (Lipinski definition) is 4. The molecule has 0 aliphatic rings. The molecule has 90 valence electrons. The maximum absolute atomic E-state index is 10.8. The van der Waals surface area contributed by atoms with Gasteiger partial charge in [0, 0.05) is 12.3 Å². The van der Waals surface area contributed by atoms with Crippen molar-refractivity contribution in [1.82, 2.24) is 0 Å².